The predicted octanol–water partition coefficient (Wildman–Crippen LogP) is 6.78. The van der Waals surface area contributed by atoms with E-state index in [4.69, 9.17) is 16.3 Å². The number of para-hydroxylation sites is 1. The van der Waals surface area contributed by atoms with Crippen LogP contribution in [0, 0.1) is 13.8 Å². The highest BCUT2D eigenvalue weighted by Gasteiger charge is 2.28. The Morgan fingerprint density at radius 3 is 2.14 bits per heavy atom. The van der Waals surface area contributed by atoms with Crippen molar-refractivity contribution in [1.82, 2.24) is 4.90 Å². The molecule has 0 aromatic heterocycles. The van der Waals surface area contributed by atoms with Crippen LogP contribution in [-0.2, 0) is 14.3 Å². The fourth-order valence-electron chi connectivity index (χ4n) is 4.11. The van der Waals surface area contributed by atoms with Crippen molar-refractivity contribution < 1.29 is 14.3 Å². The molecule has 35 heavy (non-hydrogen) atoms. The summed E-state index contributed by atoms with van der Waals surface area (Å²) in [7, 11) is 1.62. The molecule has 0 saturated carbocycles. The smallest absolute Gasteiger partial charge is 0.282 e. The second-order valence-corrected chi connectivity index (χ2v) is 11.0. The molecule has 2 amide bonds. The van der Waals surface area contributed by atoms with Crippen molar-refractivity contribution in [2.45, 2.75) is 51.7 Å². The number of carbonyl (C=O) groups excluding carboxylic acids is 2. The Hall–Kier alpha value is -2.02. The number of methoxy groups -OCH3 is 1. The number of hydrogen-bond donors (Lipinski definition) is 0. The highest BCUT2D eigenvalue weighted by Crippen LogP contribution is 2.37. The van der Waals surface area contributed by atoms with Gasteiger partial charge in [0.25, 0.3) is 5.24 Å². The minimum atomic E-state index is -0.157. The van der Waals surface area contributed by atoms with Crippen LogP contribution >= 0.6 is 23.4 Å². The van der Waals surface area contributed by atoms with Crippen molar-refractivity contribution in [3.8, 4) is 0 Å². The van der Waals surface area contributed by atoms with E-state index in [1.165, 1.54) is 23.7 Å². The van der Waals surface area contributed by atoms with Crippen LogP contribution in [0.3, 0.4) is 0 Å². The van der Waals surface area contributed by atoms with E-state index in [2.05, 4.69) is 26.0 Å². The van der Waals surface area contributed by atoms with E-state index in [1.54, 1.807) is 12.0 Å². The lowest BCUT2D eigenvalue weighted by molar-refractivity contribution is -0.116. The maximum absolute atomic E-state index is 12.3. The number of thioether (sulfide) groups is 1. The van der Waals surface area contributed by atoms with Gasteiger partial charge in [-0.05, 0) is 63.6 Å². The number of rotatable bonds is 7. The van der Waals surface area contributed by atoms with E-state index in [1.807, 2.05) is 55.1 Å². The van der Waals surface area contributed by atoms with Crippen molar-refractivity contribution in [1.29, 1.82) is 0 Å². The van der Waals surface area contributed by atoms with Crippen LogP contribution in [0.4, 0.5) is 10.5 Å². The Labute approximate surface area is 220 Å². The monoisotopic (exact) mass is 518 g/mol. The van der Waals surface area contributed by atoms with Gasteiger partial charge in [0.1, 0.15) is 5.88 Å². The van der Waals surface area contributed by atoms with E-state index >= 15 is 0 Å². The summed E-state index contributed by atoms with van der Waals surface area (Å²) in [6.07, 6.45) is 3.56. The number of alkyl halides is 1. The average molecular weight is 519 g/mol. The van der Waals surface area contributed by atoms with Crippen LogP contribution < -0.4 is 4.90 Å². The molecule has 0 atom stereocenters. The summed E-state index contributed by atoms with van der Waals surface area (Å²) in [5, 5.41) is 0.226. The molecular weight excluding hydrogens is 480 g/mol. The second-order valence-electron chi connectivity index (χ2n) is 9.20. The number of hydrogen-bond acceptors (Lipinski definition) is 4. The summed E-state index contributed by atoms with van der Waals surface area (Å²) in [4.78, 5) is 27.8. The first-order chi connectivity index (χ1) is 16.7. The molecule has 0 aliphatic carbocycles. The molecule has 0 N–H and O–H groups in total. The van der Waals surface area contributed by atoms with Crippen LogP contribution in [0.25, 0.3) is 0 Å². The van der Waals surface area contributed by atoms with Gasteiger partial charge in [0.2, 0.25) is 5.91 Å². The quantitative estimate of drug-likeness (QED) is 0.379. The van der Waals surface area contributed by atoms with Crippen molar-refractivity contribution in [3.63, 3.8) is 0 Å². The molecule has 1 saturated heterocycles. The van der Waals surface area contributed by atoms with Crippen molar-refractivity contribution in [2.24, 2.45) is 0 Å². The lowest BCUT2D eigenvalue weighted by atomic mass is 10.0. The fourth-order valence-corrected chi connectivity index (χ4v) is 5.25. The summed E-state index contributed by atoms with van der Waals surface area (Å²) in [6.45, 7) is 11.1. The van der Waals surface area contributed by atoms with E-state index in [-0.39, 0.29) is 21.8 Å². The summed E-state index contributed by atoms with van der Waals surface area (Å²) in [5.41, 5.74) is 4.29. The largest absolute Gasteiger partial charge is 0.383 e. The minimum Gasteiger partial charge on any atom is -0.383 e. The molecule has 0 unspecified atom stereocenters. The second kappa shape index (κ2) is 14.5. The van der Waals surface area contributed by atoms with E-state index in [0.717, 1.165) is 42.7 Å². The van der Waals surface area contributed by atoms with Gasteiger partial charge in [0, 0.05) is 37.2 Å². The third-order valence-electron chi connectivity index (χ3n) is 6.07. The maximum atomic E-state index is 12.3. The summed E-state index contributed by atoms with van der Waals surface area (Å²) in [5.74, 6) is -0.113. The lowest BCUT2D eigenvalue weighted by Crippen LogP contribution is -2.35. The number of amides is 2. The topological polar surface area (TPSA) is 49.9 Å². The Morgan fingerprint density at radius 2 is 1.60 bits per heavy atom. The van der Waals surface area contributed by atoms with Crippen molar-refractivity contribution in [3.05, 3.63) is 65.2 Å². The van der Waals surface area contributed by atoms with Gasteiger partial charge >= 0.3 is 0 Å². The molecule has 2 aromatic rings. The van der Waals surface area contributed by atoms with E-state index in [9.17, 15) is 9.59 Å². The maximum Gasteiger partial charge on any atom is 0.282 e. The van der Waals surface area contributed by atoms with Crippen LogP contribution in [0.2, 0.25) is 0 Å². The van der Waals surface area contributed by atoms with Gasteiger partial charge in [-0.15, -0.1) is 11.6 Å². The number of piperidine rings is 1. The highest BCUT2D eigenvalue weighted by atomic mass is 35.5. The van der Waals surface area contributed by atoms with Crippen molar-refractivity contribution in [2.75, 3.05) is 44.1 Å². The van der Waals surface area contributed by atoms with Gasteiger partial charge in [-0.25, -0.2) is 0 Å². The van der Waals surface area contributed by atoms with Crippen LogP contribution in [-0.4, -0.2) is 55.3 Å². The standard InChI is InChI=1S/C15H21NOS.C13H18ClNO2/c1-15(2,13-9-5-3-6-10-13)18-14(17)16-11-7-4-8-12-16;1-10-5-4-6-11(2)13(10)15(7-8-17-3)12(16)9-14/h3,5-6,9-10H,4,7-8,11-12H2,1-2H3;4-6H,7-9H2,1-3H3. The van der Waals surface area contributed by atoms with Gasteiger partial charge in [-0.1, -0.05) is 60.3 Å². The number of likely N-dealkylation sites (tertiary alicyclic amines) is 1. The number of ether oxygens (including phenoxy) is 1. The molecule has 2 aromatic carbocycles. The summed E-state index contributed by atoms with van der Waals surface area (Å²) < 4.78 is 4.87. The number of aryl methyl sites for hydroxylation is 2. The molecule has 1 aliphatic rings. The van der Waals surface area contributed by atoms with E-state index < -0.39 is 0 Å². The zero-order valence-electron chi connectivity index (χ0n) is 21.7. The number of nitrogens with zero attached hydrogens (tertiary/aromatic N) is 2. The van der Waals surface area contributed by atoms with Gasteiger partial charge in [0.15, 0.2) is 0 Å². The Bertz CT molecular complexity index is 926. The molecule has 0 radical (unpaired) electrons. The molecule has 3 rings (SSSR count). The Balaban J connectivity index is 0.000000247. The molecular formula is C28H39ClN2O3S. The highest BCUT2D eigenvalue weighted by molar-refractivity contribution is 8.14. The first kappa shape index (κ1) is 29.2. The fraction of sp³-hybridized carbons (Fsp3) is 0.500. The zero-order chi connectivity index (χ0) is 25.8. The van der Waals surface area contributed by atoms with Crippen LogP contribution in [0.1, 0.15) is 49.8 Å². The number of carbonyl (C=O) groups is 2. The third-order valence-corrected chi connectivity index (χ3v) is 7.48. The molecule has 1 fully saturated rings. The van der Waals surface area contributed by atoms with Gasteiger partial charge in [0.05, 0.1) is 6.61 Å². The molecule has 5 nitrogen and oxygen atoms in total. The molecule has 1 heterocycles. The van der Waals surface area contributed by atoms with Crippen LogP contribution in [0.15, 0.2) is 48.5 Å². The van der Waals surface area contributed by atoms with Gasteiger partial charge in [-0.2, -0.15) is 0 Å². The SMILES string of the molecule is CC(C)(SC(=O)N1CCCCC1)c1ccccc1.COCCN(C(=O)CCl)c1c(C)cccc1C. The van der Waals surface area contributed by atoms with Crippen molar-refractivity contribution >= 4 is 40.2 Å². The summed E-state index contributed by atoms with van der Waals surface area (Å²) >= 11 is 7.10. The molecule has 0 bridgehead atoms. The Morgan fingerprint density at radius 1 is 1.00 bits per heavy atom. The number of anilines is 1. The average Bonchev–Trinajstić information content (AvgIpc) is 2.86. The van der Waals surface area contributed by atoms with Gasteiger partial charge in [-0.3, -0.25) is 9.59 Å². The van der Waals surface area contributed by atoms with Crippen LogP contribution in [0.5, 0.6) is 0 Å². The third kappa shape index (κ3) is 8.85. The first-order valence-electron chi connectivity index (χ1n) is 12.2. The Kier molecular flexibility index (Phi) is 12.1. The first-order valence-corrected chi connectivity index (χ1v) is 13.5. The lowest BCUT2D eigenvalue weighted by Gasteiger charge is -2.30. The predicted molar refractivity (Wildman–Crippen MR) is 149 cm³/mol. The summed E-state index contributed by atoms with van der Waals surface area (Å²) in [6, 6.07) is 16.2. The number of halogens is 1. The van der Waals surface area contributed by atoms with E-state index in [0.29, 0.717) is 13.2 Å². The normalized spacial score (nSPS) is 13.6. The zero-order valence-corrected chi connectivity index (χ0v) is 23.3. The molecule has 7 heteroatoms. The van der Waals surface area contributed by atoms with Gasteiger partial charge < -0.3 is 14.5 Å². The molecule has 0 spiro atoms. The number of benzene rings is 2. The molecule has 192 valence electrons. The molecule has 1 aliphatic heterocycles. The minimum absolute atomic E-state index is 0.0164.